The van der Waals surface area contributed by atoms with Crippen LogP contribution in [0.2, 0.25) is 0 Å². The Morgan fingerprint density at radius 3 is 2.14 bits per heavy atom. The van der Waals surface area contributed by atoms with Crippen molar-refractivity contribution in [3.8, 4) is 0 Å². The molecular weight excluding hydrogens is 280 g/mol. The maximum Gasteiger partial charge on any atom is 0.323 e. The van der Waals surface area contributed by atoms with Gasteiger partial charge in [0.15, 0.2) is 0 Å². The Morgan fingerprint density at radius 1 is 1.09 bits per heavy atom. The topological polar surface area (TPSA) is 61.8 Å². The molecule has 1 aliphatic rings. The lowest BCUT2D eigenvalue weighted by molar-refractivity contribution is -0.184. The van der Waals surface area contributed by atoms with Crippen molar-refractivity contribution in [3.63, 3.8) is 0 Å². The molecule has 0 bridgehead atoms. The maximum atomic E-state index is 11.3. The first kappa shape index (κ1) is 19.4. The molecule has 1 fully saturated rings. The second-order valence-electron chi connectivity index (χ2n) is 6.37. The average molecular weight is 314 g/mol. The molecule has 1 rings (SSSR count). The van der Waals surface area contributed by atoms with Crippen molar-refractivity contribution in [1.29, 1.82) is 0 Å². The van der Waals surface area contributed by atoms with Crippen LogP contribution in [0.5, 0.6) is 0 Å². The molecule has 5 nitrogen and oxygen atoms in total. The number of rotatable bonds is 12. The molecule has 0 aromatic heterocycles. The van der Waals surface area contributed by atoms with Gasteiger partial charge in [0.1, 0.15) is 5.54 Å². The number of nitrogens with one attached hydrogen (secondary N) is 1. The lowest BCUT2D eigenvalue weighted by Gasteiger charge is -2.37. The molecule has 130 valence electrons. The van der Waals surface area contributed by atoms with Crippen LogP contribution < -0.4 is 5.32 Å². The zero-order valence-corrected chi connectivity index (χ0v) is 14.4. The Balaban J connectivity index is 2.00. The van der Waals surface area contributed by atoms with Gasteiger partial charge in [0.25, 0.3) is 0 Å². The summed E-state index contributed by atoms with van der Waals surface area (Å²) in [5.74, 6) is -0.752. The summed E-state index contributed by atoms with van der Waals surface area (Å²) in [7, 11) is 1.73. The van der Waals surface area contributed by atoms with Crippen molar-refractivity contribution in [2.75, 3.05) is 26.7 Å². The summed E-state index contributed by atoms with van der Waals surface area (Å²) in [5.41, 5.74) is -0.766. The lowest BCUT2D eigenvalue weighted by atomic mass is 9.88. The Hall–Kier alpha value is -0.650. The molecule has 1 aliphatic heterocycles. The molecule has 0 aromatic rings. The minimum absolute atomic E-state index is 0.594. The summed E-state index contributed by atoms with van der Waals surface area (Å²) >= 11 is 0. The van der Waals surface area contributed by atoms with Crippen molar-refractivity contribution < 1.29 is 14.7 Å². The molecule has 0 aliphatic carbocycles. The van der Waals surface area contributed by atoms with E-state index in [1.54, 1.807) is 7.05 Å². The molecular formula is C17H34N2O3. The Kier molecular flexibility index (Phi) is 9.68. The first-order chi connectivity index (χ1) is 10.6. The molecule has 0 aromatic carbocycles. The fourth-order valence-corrected chi connectivity index (χ4v) is 3.00. The first-order valence-electron chi connectivity index (χ1n) is 8.95. The number of hydrogen-bond acceptors (Lipinski definition) is 4. The van der Waals surface area contributed by atoms with E-state index in [-0.39, 0.29) is 0 Å². The second kappa shape index (κ2) is 11.0. The summed E-state index contributed by atoms with van der Waals surface area (Å²) in [5, 5.41) is 14.2. The van der Waals surface area contributed by atoms with Gasteiger partial charge in [-0.25, -0.2) is 0 Å². The highest BCUT2D eigenvalue weighted by atomic mass is 16.7. The number of nitrogens with zero attached hydrogens (tertiary/aromatic N) is 1. The van der Waals surface area contributed by atoms with Crippen LogP contribution in [0, 0.1) is 0 Å². The Labute approximate surface area is 135 Å². The van der Waals surface area contributed by atoms with Gasteiger partial charge in [-0.2, -0.15) is 5.06 Å². The zero-order chi connectivity index (χ0) is 16.3. The van der Waals surface area contributed by atoms with Crippen molar-refractivity contribution in [2.45, 2.75) is 76.7 Å². The number of unbranched alkanes of at least 4 members (excludes halogenated alkanes) is 7. The normalized spacial score (nSPS) is 18.5. The SMILES string of the molecule is CCCCCCCCCCON1CCC(NC)(C(=O)O)CC1. The third-order valence-electron chi connectivity index (χ3n) is 4.74. The third-order valence-corrected chi connectivity index (χ3v) is 4.74. The number of piperidine rings is 1. The maximum absolute atomic E-state index is 11.3. The summed E-state index contributed by atoms with van der Waals surface area (Å²) in [6.07, 6.45) is 11.6. The monoisotopic (exact) mass is 314 g/mol. The quantitative estimate of drug-likeness (QED) is 0.542. The van der Waals surface area contributed by atoms with E-state index in [1.807, 2.05) is 5.06 Å². The van der Waals surface area contributed by atoms with Gasteiger partial charge in [-0.05, 0) is 26.3 Å². The van der Waals surface area contributed by atoms with Gasteiger partial charge in [-0.15, -0.1) is 0 Å². The van der Waals surface area contributed by atoms with Crippen LogP contribution in [0.15, 0.2) is 0 Å². The van der Waals surface area contributed by atoms with E-state index in [2.05, 4.69) is 12.2 Å². The van der Waals surface area contributed by atoms with Crippen molar-refractivity contribution in [2.24, 2.45) is 0 Å². The average Bonchev–Trinajstić information content (AvgIpc) is 2.54. The number of likely N-dealkylation sites (N-methyl/N-ethyl adjacent to an activating group) is 1. The highest BCUT2D eigenvalue weighted by molar-refractivity contribution is 5.78. The van der Waals surface area contributed by atoms with Gasteiger partial charge in [0, 0.05) is 13.1 Å². The molecule has 0 amide bonds. The molecule has 5 heteroatoms. The van der Waals surface area contributed by atoms with Crippen LogP contribution in [-0.2, 0) is 9.63 Å². The standard InChI is InChI=1S/C17H34N2O3/c1-3-4-5-6-7-8-9-10-15-22-19-13-11-17(18-2,12-14-19)16(20)21/h18H,3-15H2,1-2H3,(H,20,21). The van der Waals surface area contributed by atoms with E-state index in [4.69, 9.17) is 4.84 Å². The molecule has 0 radical (unpaired) electrons. The molecule has 0 atom stereocenters. The number of carbonyl (C=O) groups is 1. The fourth-order valence-electron chi connectivity index (χ4n) is 3.00. The smallest absolute Gasteiger partial charge is 0.323 e. The Morgan fingerprint density at radius 2 is 1.64 bits per heavy atom. The van der Waals surface area contributed by atoms with Gasteiger partial charge < -0.3 is 10.4 Å². The largest absolute Gasteiger partial charge is 0.480 e. The summed E-state index contributed by atoms with van der Waals surface area (Å²) in [6, 6.07) is 0. The van der Waals surface area contributed by atoms with Crippen LogP contribution >= 0.6 is 0 Å². The van der Waals surface area contributed by atoms with E-state index < -0.39 is 11.5 Å². The number of carboxylic acid groups (broad SMARTS) is 1. The van der Waals surface area contributed by atoms with E-state index in [9.17, 15) is 9.90 Å². The van der Waals surface area contributed by atoms with Crippen LogP contribution in [-0.4, -0.2) is 48.4 Å². The van der Waals surface area contributed by atoms with Gasteiger partial charge in [0.05, 0.1) is 6.61 Å². The van der Waals surface area contributed by atoms with Gasteiger partial charge in [-0.3, -0.25) is 9.63 Å². The van der Waals surface area contributed by atoms with Crippen LogP contribution in [0.4, 0.5) is 0 Å². The van der Waals surface area contributed by atoms with E-state index in [0.717, 1.165) is 13.0 Å². The molecule has 0 unspecified atom stereocenters. The summed E-state index contributed by atoms with van der Waals surface area (Å²) in [4.78, 5) is 17.1. The lowest BCUT2D eigenvalue weighted by Crippen LogP contribution is -2.57. The number of hydrogen-bond donors (Lipinski definition) is 2. The fraction of sp³-hybridized carbons (Fsp3) is 0.941. The predicted octanol–water partition coefficient (Wildman–Crippen LogP) is 3.20. The van der Waals surface area contributed by atoms with E-state index in [0.29, 0.717) is 25.9 Å². The molecule has 0 saturated carbocycles. The third kappa shape index (κ3) is 6.63. The van der Waals surface area contributed by atoms with E-state index in [1.165, 1.54) is 44.9 Å². The van der Waals surface area contributed by atoms with Crippen LogP contribution in [0.1, 0.15) is 71.1 Å². The van der Waals surface area contributed by atoms with Crippen LogP contribution in [0.25, 0.3) is 0 Å². The molecule has 1 heterocycles. The first-order valence-corrected chi connectivity index (χ1v) is 8.95. The van der Waals surface area contributed by atoms with Gasteiger partial charge in [0.2, 0.25) is 0 Å². The zero-order valence-electron chi connectivity index (χ0n) is 14.4. The summed E-state index contributed by atoms with van der Waals surface area (Å²) < 4.78 is 0. The molecule has 22 heavy (non-hydrogen) atoms. The van der Waals surface area contributed by atoms with Crippen LogP contribution in [0.3, 0.4) is 0 Å². The van der Waals surface area contributed by atoms with Gasteiger partial charge in [-0.1, -0.05) is 51.9 Å². The minimum atomic E-state index is -0.766. The second-order valence-corrected chi connectivity index (χ2v) is 6.37. The number of hydroxylamine groups is 2. The highest BCUT2D eigenvalue weighted by Crippen LogP contribution is 2.22. The molecule has 2 N–H and O–H groups in total. The van der Waals surface area contributed by atoms with Crippen molar-refractivity contribution in [3.05, 3.63) is 0 Å². The summed E-state index contributed by atoms with van der Waals surface area (Å²) in [6.45, 7) is 4.37. The highest BCUT2D eigenvalue weighted by Gasteiger charge is 2.40. The number of carboxylic acids is 1. The predicted molar refractivity (Wildman–Crippen MR) is 88.8 cm³/mol. The van der Waals surface area contributed by atoms with Crippen molar-refractivity contribution in [1.82, 2.24) is 10.4 Å². The number of aliphatic carboxylic acids is 1. The Bertz CT molecular complexity index is 302. The van der Waals surface area contributed by atoms with Crippen molar-refractivity contribution >= 4 is 5.97 Å². The molecule has 1 saturated heterocycles. The van der Waals surface area contributed by atoms with Gasteiger partial charge >= 0.3 is 5.97 Å². The molecule has 0 spiro atoms. The minimum Gasteiger partial charge on any atom is -0.480 e. The van der Waals surface area contributed by atoms with E-state index >= 15 is 0 Å².